The zero-order chi connectivity index (χ0) is 18.0. The van der Waals surface area contributed by atoms with Crippen molar-refractivity contribution >= 4 is 11.6 Å². The Hall–Kier alpha value is -2.15. The Kier molecular flexibility index (Phi) is 3.38. The van der Waals surface area contributed by atoms with E-state index in [1.165, 1.54) is 16.7 Å². The molecule has 0 aromatic heterocycles. The van der Waals surface area contributed by atoms with E-state index in [9.17, 15) is 0 Å². The summed E-state index contributed by atoms with van der Waals surface area (Å²) in [4.78, 5) is 0. The molecule has 3 aliphatic carbocycles. The molecule has 0 N–H and O–H groups in total. The summed E-state index contributed by atoms with van der Waals surface area (Å²) in [5.41, 5.74) is 6.01. The second-order valence-electron chi connectivity index (χ2n) is 8.20. The molecule has 0 fully saturated rings. The first-order valence-electron chi connectivity index (χ1n) is 9.08. The van der Waals surface area contributed by atoms with Gasteiger partial charge >= 0.3 is 0 Å². The smallest absolute Gasteiger partial charge is 0.123 e. The predicted molar refractivity (Wildman–Crippen MR) is 105 cm³/mol. The number of hydrogen-bond donors (Lipinski definition) is 0. The molecule has 0 aliphatic heterocycles. The van der Waals surface area contributed by atoms with Crippen molar-refractivity contribution in [1.82, 2.24) is 0 Å². The molecule has 0 amide bonds. The van der Waals surface area contributed by atoms with Gasteiger partial charge in [0, 0.05) is 22.3 Å². The zero-order valence-corrected chi connectivity index (χ0v) is 15.5. The van der Waals surface area contributed by atoms with E-state index in [2.05, 4.69) is 76.8 Å². The molecule has 2 bridgehead atoms. The molecular formula is C24H25F. The van der Waals surface area contributed by atoms with E-state index in [0.717, 1.165) is 16.7 Å². The molecule has 1 aromatic carbocycles. The van der Waals surface area contributed by atoms with Crippen molar-refractivity contribution in [1.29, 1.82) is 0 Å². The van der Waals surface area contributed by atoms with Gasteiger partial charge in [0.05, 0.1) is 0 Å². The van der Waals surface area contributed by atoms with Gasteiger partial charge in [0.1, 0.15) is 5.83 Å². The average molecular weight is 332 g/mol. The van der Waals surface area contributed by atoms with Gasteiger partial charge in [-0.2, -0.15) is 0 Å². The number of halogens is 1. The topological polar surface area (TPSA) is 0 Å². The maximum absolute atomic E-state index is 15.1. The Balaban J connectivity index is 2.16. The minimum Gasteiger partial charge on any atom is -0.207 e. The summed E-state index contributed by atoms with van der Waals surface area (Å²) in [5.74, 6) is 0.142. The van der Waals surface area contributed by atoms with Crippen LogP contribution in [0.1, 0.15) is 50.8 Å². The van der Waals surface area contributed by atoms with Crippen molar-refractivity contribution in [3.63, 3.8) is 0 Å². The van der Waals surface area contributed by atoms with E-state index in [4.69, 9.17) is 0 Å². The minimum atomic E-state index is -0.358. The minimum absolute atomic E-state index is 0.0687. The fourth-order valence-corrected chi connectivity index (χ4v) is 5.06. The third-order valence-electron chi connectivity index (χ3n) is 6.31. The molecule has 0 spiro atoms. The quantitative estimate of drug-likeness (QED) is 0.498. The van der Waals surface area contributed by atoms with Gasteiger partial charge in [0.2, 0.25) is 0 Å². The average Bonchev–Trinajstić information content (AvgIpc) is 2.57. The Morgan fingerprint density at radius 3 is 2.72 bits per heavy atom. The Labute approximate surface area is 150 Å². The predicted octanol–water partition coefficient (Wildman–Crippen LogP) is 6.77. The summed E-state index contributed by atoms with van der Waals surface area (Å²) >= 11 is 0. The monoisotopic (exact) mass is 332 g/mol. The van der Waals surface area contributed by atoms with E-state index in [-0.39, 0.29) is 22.6 Å². The summed E-state index contributed by atoms with van der Waals surface area (Å²) in [6.45, 7) is 13.0. The third-order valence-corrected chi connectivity index (χ3v) is 6.31. The van der Waals surface area contributed by atoms with Crippen LogP contribution in [0.15, 0.2) is 66.1 Å². The molecule has 1 heteroatoms. The molecule has 0 radical (unpaired) electrons. The molecular weight excluding hydrogens is 307 g/mol. The van der Waals surface area contributed by atoms with E-state index in [1.54, 1.807) is 6.08 Å². The second kappa shape index (κ2) is 5.17. The fraction of sp³-hybridized carbons (Fsp3) is 0.333. The first-order valence-corrected chi connectivity index (χ1v) is 9.08. The first-order chi connectivity index (χ1) is 11.8. The van der Waals surface area contributed by atoms with Crippen LogP contribution in [0.2, 0.25) is 0 Å². The highest BCUT2D eigenvalue weighted by atomic mass is 19.1. The summed E-state index contributed by atoms with van der Waals surface area (Å²) in [6, 6.07) is 6.36. The Bertz CT molecular complexity index is 904. The van der Waals surface area contributed by atoms with Crippen molar-refractivity contribution in [3.05, 3.63) is 82.7 Å². The molecule has 4 rings (SSSR count). The van der Waals surface area contributed by atoms with Crippen LogP contribution in [0.4, 0.5) is 4.39 Å². The van der Waals surface area contributed by atoms with Gasteiger partial charge in [0.25, 0.3) is 0 Å². The van der Waals surface area contributed by atoms with Crippen LogP contribution in [-0.4, -0.2) is 0 Å². The standard InChI is InChI=1S/C24H25F/c1-6-13-24(5)14-12-16-8-7-9-17-20(16)15(2)21-18(24)10-11-19(25)22(21)23(17,3)4/h6-9,11-14,18H,2,10H2,1,3-5H3/b13-6?,14-12-. The maximum Gasteiger partial charge on any atom is 0.123 e. The van der Waals surface area contributed by atoms with Gasteiger partial charge < -0.3 is 0 Å². The van der Waals surface area contributed by atoms with Crippen molar-refractivity contribution < 1.29 is 4.39 Å². The van der Waals surface area contributed by atoms with Crippen LogP contribution in [0.3, 0.4) is 0 Å². The van der Waals surface area contributed by atoms with Crippen LogP contribution in [0.25, 0.3) is 11.6 Å². The van der Waals surface area contributed by atoms with Crippen molar-refractivity contribution in [3.8, 4) is 0 Å². The summed E-state index contributed by atoms with van der Waals surface area (Å²) in [5, 5.41) is 0. The van der Waals surface area contributed by atoms with Gasteiger partial charge in [-0.05, 0) is 47.3 Å². The highest BCUT2D eigenvalue weighted by Crippen LogP contribution is 2.58. The molecule has 0 heterocycles. The van der Waals surface area contributed by atoms with Gasteiger partial charge in [-0.15, -0.1) is 0 Å². The normalized spacial score (nSPS) is 30.8. The highest BCUT2D eigenvalue weighted by molar-refractivity contribution is 5.91. The van der Waals surface area contributed by atoms with Gasteiger partial charge in [-0.1, -0.05) is 69.9 Å². The lowest BCUT2D eigenvalue weighted by molar-refractivity contribution is 0.363. The summed E-state index contributed by atoms with van der Waals surface area (Å²) in [6.07, 6.45) is 11.4. The van der Waals surface area contributed by atoms with E-state index < -0.39 is 0 Å². The maximum atomic E-state index is 15.1. The number of allylic oxidation sites excluding steroid dienone is 8. The molecule has 2 unspecified atom stereocenters. The Morgan fingerprint density at radius 1 is 1.24 bits per heavy atom. The molecule has 1 aromatic rings. The van der Waals surface area contributed by atoms with Gasteiger partial charge in [0.15, 0.2) is 0 Å². The third kappa shape index (κ3) is 2.05. The van der Waals surface area contributed by atoms with Crippen LogP contribution >= 0.6 is 0 Å². The fourth-order valence-electron chi connectivity index (χ4n) is 5.06. The van der Waals surface area contributed by atoms with Crippen molar-refractivity contribution in [2.75, 3.05) is 0 Å². The van der Waals surface area contributed by atoms with E-state index in [1.807, 2.05) is 0 Å². The largest absolute Gasteiger partial charge is 0.207 e. The SMILES string of the molecule is C=C1C2=C3C(F)=CCC2C(C)(C=CC)/C=C\c2cccc(c21)C3(C)C. The van der Waals surface area contributed by atoms with Crippen LogP contribution in [-0.2, 0) is 5.41 Å². The molecule has 25 heavy (non-hydrogen) atoms. The lowest BCUT2D eigenvalue weighted by Crippen LogP contribution is -2.37. The van der Waals surface area contributed by atoms with Gasteiger partial charge in [-0.3, -0.25) is 0 Å². The molecule has 0 nitrogen and oxygen atoms in total. The van der Waals surface area contributed by atoms with Crippen LogP contribution in [0.5, 0.6) is 0 Å². The second-order valence-corrected chi connectivity index (χ2v) is 8.20. The molecule has 3 aliphatic rings. The molecule has 128 valence electrons. The van der Waals surface area contributed by atoms with E-state index in [0.29, 0.717) is 6.42 Å². The van der Waals surface area contributed by atoms with Crippen molar-refractivity contribution in [2.24, 2.45) is 11.3 Å². The van der Waals surface area contributed by atoms with Crippen molar-refractivity contribution in [2.45, 2.75) is 39.5 Å². The van der Waals surface area contributed by atoms with Gasteiger partial charge in [-0.25, -0.2) is 4.39 Å². The highest BCUT2D eigenvalue weighted by Gasteiger charge is 2.46. The molecule has 2 atom stereocenters. The number of rotatable bonds is 1. The van der Waals surface area contributed by atoms with Crippen LogP contribution in [0, 0.1) is 11.3 Å². The number of benzene rings is 1. The summed E-state index contributed by atoms with van der Waals surface area (Å²) in [7, 11) is 0. The summed E-state index contributed by atoms with van der Waals surface area (Å²) < 4.78 is 15.1. The van der Waals surface area contributed by atoms with E-state index >= 15 is 4.39 Å². The zero-order valence-electron chi connectivity index (χ0n) is 15.5. The first kappa shape index (κ1) is 16.3. The lowest BCUT2D eigenvalue weighted by Gasteiger charge is -2.47. The molecule has 0 saturated heterocycles. The Morgan fingerprint density at radius 2 is 2.00 bits per heavy atom. The molecule has 0 saturated carbocycles. The lowest BCUT2D eigenvalue weighted by atomic mass is 9.56. The van der Waals surface area contributed by atoms with Crippen LogP contribution < -0.4 is 0 Å². The number of hydrogen-bond acceptors (Lipinski definition) is 0.